The van der Waals surface area contributed by atoms with Gasteiger partial charge in [0, 0.05) is 18.3 Å². The van der Waals surface area contributed by atoms with Crippen molar-refractivity contribution >= 4 is 0 Å². The minimum atomic E-state index is -4.54. The number of rotatable bonds is 2. The van der Waals surface area contributed by atoms with Crippen molar-refractivity contribution in [3.63, 3.8) is 0 Å². The Bertz CT molecular complexity index is 544. The number of alkyl halides is 3. The SMILES string of the molecule is Cc1nn(-c2cnc(C(F)(F)F)nc2)cc1CN. The van der Waals surface area contributed by atoms with E-state index in [1.807, 2.05) is 0 Å². The highest BCUT2D eigenvalue weighted by Crippen LogP contribution is 2.25. The van der Waals surface area contributed by atoms with Gasteiger partial charge in [-0.15, -0.1) is 0 Å². The molecule has 0 fully saturated rings. The van der Waals surface area contributed by atoms with Crippen LogP contribution in [-0.2, 0) is 12.7 Å². The molecule has 0 aliphatic heterocycles. The molecule has 0 unspecified atom stereocenters. The van der Waals surface area contributed by atoms with Crippen LogP contribution < -0.4 is 5.73 Å². The van der Waals surface area contributed by atoms with Crippen LogP contribution in [0, 0.1) is 6.92 Å². The molecule has 0 atom stereocenters. The first kappa shape index (κ1) is 12.5. The Balaban J connectivity index is 2.34. The zero-order valence-electron chi connectivity index (χ0n) is 9.44. The fourth-order valence-electron chi connectivity index (χ4n) is 1.41. The van der Waals surface area contributed by atoms with Crippen molar-refractivity contribution in [2.45, 2.75) is 19.6 Å². The minimum Gasteiger partial charge on any atom is -0.326 e. The van der Waals surface area contributed by atoms with Gasteiger partial charge in [0.1, 0.15) is 5.69 Å². The lowest BCUT2D eigenvalue weighted by molar-refractivity contribution is -0.145. The quantitative estimate of drug-likeness (QED) is 0.884. The molecule has 2 aromatic rings. The predicted molar refractivity (Wildman–Crippen MR) is 56.8 cm³/mol. The summed E-state index contributed by atoms with van der Waals surface area (Å²) >= 11 is 0. The molecule has 0 saturated carbocycles. The van der Waals surface area contributed by atoms with Crippen molar-refractivity contribution in [3.8, 4) is 5.69 Å². The van der Waals surface area contributed by atoms with E-state index in [-0.39, 0.29) is 0 Å². The number of aryl methyl sites for hydroxylation is 1. The van der Waals surface area contributed by atoms with E-state index in [1.165, 1.54) is 4.68 Å². The fourth-order valence-corrected chi connectivity index (χ4v) is 1.41. The Hall–Kier alpha value is -1.96. The molecule has 0 bridgehead atoms. The average molecular weight is 257 g/mol. The summed E-state index contributed by atoms with van der Waals surface area (Å²) in [5.41, 5.74) is 7.38. The third kappa shape index (κ3) is 2.33. The van der Waals surface area contributed by atoms with E-state index in [0.717, 1.165) is 23.7 Å². The Labute approximate surface area is 100 Å². The van der Waals surface area contributed by atoms with E-state index in [4.69, 9.17) is 5.73 Å². The zero-order valence-corrected chi connectivity index (χ0v) is 9.44. The van der Waals surface area contributed by atoms with Crippen LogP contribution >= 0.6 is 0 Å². The molecule has 0 saturated heterocycles. The highest BCUT2D eigenvalue weighted by molar-refractivity contribution is 5.28. The Morgan fingerprint density at radius 2 is 1.89 bits per heavy atom. The van der Waals surface area contributed by atoms with E-state index < -0.39 is 12.0 Å². The second-order valence-corrected chi connectivity index (χ2v) is 3.65. The van der Waals surface area contributed by atoms with Crippen molar-refractivity contribution in [1.29, 1.82) is 0 Å². The molecule has 0 aromatic carbocycles. The molecule has 2 heterocycles. The third-order valence-corrected chi connectivity index (χ3v) is 2.38. The van der Waals surface area contributed by atoms with Crippen LogP contribution in [-0.4, -0.2) is 19.7 Å². The first-order valence-electron chi connectivity index (χ1n) is 5.06. The first-order chi connectivity index (χ1) is 8.41. The zero-order chi connectivity index (χ0) is 13.3. The summed E-state index contributed by atoms with van der Waals surface area (Å²) < 4.78 is 38.2. The molecule has 2 rings (SSSR count). The molecule has 0 aliphatic rings. The highest BCUT2D eigenvalue weighted by atomic mass is 19.4. The summed E-state index contributed by atoms with van der Waals surface area (Å²) in [5, 5.41) is 4.12. The largest absolute Gasteiger partial charge is 0.451 e. The van der Waals surface area contributed by atoms with Gasteiger partial charge in [0.05, 0.1) is 18.1 Å². The molecule has 0 radical (unpaired) electrons. The molecule has 2 aromatic heterocycles. The van der Waals surface area contributed by atoms with Crippen LogP contribution in [0.2, 0.25) is 0 Å². The number of hydrogen-bond donors (Lipinski definition) is 1. The van der Waals surface area contributed by atoms with Crippen molar-refractivity contribution < 1.29 is 13.2 Å². The molecule has 18 heavy (non-hydrogen) atoms. The summed E-state index contributed by atoms with van der Waals surface area (Å²) in [6.45, 7) is 2.08. The van der Waals surface area contributed by atoms with E-state index in [0.29, 0.717) is 12.2 Å². The molecule has 0 spiro atoms. The third-order valence-electron chi connectivity index (χ3n) is 2.38. The number of aromatic nitrogens is 4. The lowest BCUT2D eigenvalue weighted by Crippen LogP contribution is -2.11. The smallest absolute Gasteiger partial charge is 0.326 e. The highest BCUT2D eigenvalue weighted by Gasteiger charge is 2.34. The maximum absolute atomic E-state index is 12.3. The van der Waals surface area contributed by atoms with Crippen LogP contribution in [0.3, 0.4) is 0 Å². The molecule has 2 N–H and O–H groups in total. The first-order valence-corrected chi connectivity index (χ1v) is 5.06. The lowest BCUT2D eigenvalue weighted by Gasteiger charge is -2.05. The predicted octanol–water partition coefficient (Wildman–Crippen LogP) is 1.45. The number of nitrogens with zero attached hydrogens (tertiary/aromatic N) is 4. The summed E-state index contributed by atoms with van der Waals surface area (Å²) in [4.78, 5) is 6.53. The van der Waals surface area contributed by atoms with Gasteiger partial charge in [-0.2, -0.15) is 18.3 Å². The van der Waals surface area contributed by atoms with Gasteiger partial charge in [-0.05, 0) is 6.92 Å². The molecule has 5 nitrogen and oxygen atoms in total. The van der Waals surface area contributed by atoms with Gasteiger partial charge in [-0.25, -0.2) is 14.6 Å². The van der Waals surface area contributed by atoms with Gasteiger partial charge in [0.25, 0.3) is 0 Å². The Morgan fingerprint density at radius 3 is 2.33 bits per heavy atom. The van der Waals surface area contributed by atoms with Gasteiger partial charge in [-0.1, -0.05) is 0 Å². The molecule has 8 heteroatoms. The summed E-state index contributed by atoms with van der Waals surface area (Å²) in [6, 6.07) is 0. The van der Waals surface area contributed by atoms with Crippen molar-refractivity contribution in [2.75, 3.05) is 0 Å². The molecule has 0 amide bonds. The van der Waals surface area contributed by atoms with Crippen LogP contribution in [0.5, 0.6) is 0 Å². The summed E-state index contributed by atoms with van der Waals surface area (Å²) in [7, 11) is 0. The molecule has 96 valence electrons. The summed E-state index contributed by atoms with van der Waals surface area (Å²) in [6.07, 6.45) is -0.757. The fraction of sp³-hybridized carbons (Fsp3) is 0.300. The normalized spacial score (nSPS) is 11.8. The maximum Gasteiger partial charge on any atom is 0.451 e. The lowest BCUT2D eigenvalue weighted by atomic mass is 10.3. The van der Waals surface area contributed by atoms with Gasteiger partial charge in [-0.3, -0.25) is 0 Å². The van der Waals surface area contributed by atoms with Gasteiger partial charge in [0.2, 0.25) is 5.82 Å². The Morgan fingerprint density at radius 1 is 1.28 bits per heavy atom. The second kappa shape index (κ2) is 4.37. The number of halogens is 3. The van der Waals surface area contributed by atoms with Gasteiger partial charge < -0.3 is 5.73 Å². The number of hydrogen-bond acceptors (Lipinski definition) is 4. The Kier molecular flexibility index (Phi) is 3.04. The molecule has 0 aliphatic carbocycles. The van der Waals surface area contributed by atoms with Crippen LogP contribution in [0.4, 0.5) is 13.2 Å². The van der Waals surface area contributed by atoms with Crippen LogP contribution in [0.1, 0.15) is 17.1 Å². The second-order valence-electron chi connectivity index (χ2n) is 3.65. The van der Waals surface area contributed by atoms with E-state index in [9.17, 15) is 13.2 Å². The maximum atomic E-state index is 12.3. The van der Waals surface area contributed by atoms with E-state index >= 15 is 0 Å². The van der Waals surface area contributed by atoms with Crippen molar-refractivity contribution in [2.24, 2.45) is 5.73 Å². The molecular weight excluding hydrogens is 247 g/mol. The monoisotopic (exact) mass is 257 g/mol. The van der Waals surface area contributed by atoms with E-state index in [1.54, 1.807) is 13.1 Å². The van der Waals surface area contributed by atoms with E-state index in [2.05, 4.69) is 15.1 Å². The van der Waals surface area contributed by atoms with Gasteiger partial charge in [0.15, 0.2) is 0 Å². The van der Waals surface area contributed by atoms with Crippen molar-refractivity contribution in [3.05, 3.63) is 35.7 Å². The standard InChI is InChI=1S/C10H10F3N5/c1-6-7(2-14)5-18(17-6)8-3-15-9(16-4-8)10(11,12)13/h3-5H,2,14H2,1H3. The minimum absolute atomic E-state index is 0.313. The van der Waals surface area contributed by atoms with Gasteiger partial charge >= 0.3 is 6.18 Å². The number of nitrogens with two attached hydrogens (primary N) is 1. The van der Waals surface area contributed by atoms with Crippen LogP contribution in [0.25, 0.3) is 5.69 Å². The average Bonchev–Trinajstić information content (AvgIpc) is 2.69. The molecular formula is C10H10F3N5. The topological polar surface area (TPSA) is 69.6 Å². The van der Waals surface area contributed by atoms with Crippen molar-refractivity contribution in [1.82, 2.24) is 19.7 Å². The summed E-state index contributed by atoms with van der Waals surface area (Å²) in [5.74, 6) is -1.17. The van der Waals surface area contributed by atoms with Crippen LogP contribution in [0.15, 0.2) is 18.6 Å².